The Morgan fingerprint density at radius 3 is 2.38 bits per heavy atom. The van der Waals surface area contributed by atoms with Crippen LogP contribution in [0.3, 0.4) is 0 Å². The fraction of sp³-hybridized carbons (Fsp3) is 0.278. The summed E-state index contributed by atoms with van der Waals surface area (Å²) in [6, 6.07) is 11.0. The van der Waals surface area contributed by atoms with Crippen LogP contribution >= 0.6 is 0 Å². The number of hydrogen-bond acceptors (Lipinski definition) is 4. The van der Waals surface area contributed by atoms with Crippen molar-refractivity contribution >= 4 is 21.6 Å². The number of carbonyl (C=O) groups excluding carboxylic acids is 1. The third-order valence-corrected chi connectivity index (χ3v) is 5.81. The fourth-order valence-corrected chi connectivity index (χ4v) is 3.91. The standard InChI is InChI=1S/C18H20FN3O3S/c1-22(16-10-11-20-12-16)18(23)13-2-6-15(7-3-13)21-26(24,25)17-8-4-14(19)5-9-17/h2-9,16,20-21H,10-12H2,1H3. The molecule has 2 aromatic carbocycles. The van der Waals surface area contributed by atoms with Gasteiger partial charge in [-0.3, -0.25) is 9.52 Å². The van der Waals surface area contributed by atoms with E-state index in [2.05, 4.69) is 10.0 Å². The lowest BCUT2D eigenvalue weighted by atomic mass is 10.1. The van der Waals surface area contributed by atoms with E-state index in [0.29, 0.717) is 11.3 Å². The quantitative estimate of drug-likeness (QED) is 0.836. The van der Waals surface area contributed by atoms with Gasteiger partial charge in [0.05, 0.1) is 4.90 Å². The predicted molar refractivity (Wildman–Crippen MR) is 97.0 cm³/mol. The number of anilines is 1. The van der Waals surface area contributed by atoms with Gasteiger partial charge in [0.15, 0.2) is 0 Å². The van der Waals surface area contributed by atoms with Gasteiger partial charge in [0.2, 0.25) is 0 Å². The zero-order chi connectivity index (χ0) is 18.7. The van der Waals surface area contributed by atoms with Crippen molar-refractivity contribution in [1.82, 2.24) is 10.2 Å². The number of nitrogens with one attached hydrogen (secondary N) is 2. The van der Waals surface area contributed by atoms with E-state index < -0.39 is 15.8 Å². The van der Waals surface area contributed by atoms with Crippen molar-refractivity contribution < 1.29 is 17.6 Å². The second kappa shape index (κ2) is 7.43. The minimum atomic E-state index is -3.81. The lowest BCUT2D eigenvalue weighted by molar-refractivity contribution is 0.0744. The number of carbonyl (C=O) groups is 1. The summed E-state index contributed by atoms with van der Waals surface area (Å²) in [7, 11) is -2.04. The molecule has 1 saturated heterocycles. The highest BCUT2D eigenvalue weighted by molar-refractivity contribution is 7.92. The van der Waals surface area contributed by atoms with Crippen molar-refractivity contribution in [1.29, 1.82) is 0 Å². The zero-order valence-electron chi connectivity index (χ0n) is 14.3. The number of benzene rings is 2. The summed E-state index contributed by atoms with van der Waals surface area (Å²) < 4.78 is 40.0. The average Bonchev–Trinajstić information content (AvgIpc) is 3.16. The first-order valence-electron chi connectivity index (χ1n) is 8.23. The van der Waals surface area contributed by atoms with Gasteiger partial charge in [-0.05, 0) is 61.5 Å². The largest absolute Gasteiger partial charge is 0.337 e. The van der Waals surface area contributed by atoms with Gasteiger partial charge in [-0.25, -0.2) is 12.8 Å². The van der Waals surface area contributed by atoms with Crippen molar-refractivity contribution in [3.8, 4) is 0 Å². The molecule has 0 aromatic heterocycles. The second-order valence-electron chi connectivity index (χ2n) is 6.20. The van der Waals surface area contributed by atoms with Crippen LogP contribution in [-0.4, -0.2) is 45.4 Å². The van der Waals surface area contributed by atoms with Gasteiger partial charge in [0, 0.05) is 30.9 Å². The summed E-state index contributed by atoms with van der Waals surface area (Å²) in [5.74, 6) is -0.611. The number of halogens is 1. The molecule has 1 unspecified atom stereocenters. The molecule has 0 bridgehead atoms. The third-order valence-electron chi connectivity index (χ3n) is 4.41. The van der Waals surface area contributed by atoms with E-state index >= 15 is 0 Å². The Morgan fingerprint density at radius 1 is 1.15 bits per heavy atom. The third kappa shape index (κ3) is 4.03. The summed E-state index contributed by atoms with van der Waals surface area (Å²) >= 11 is 0. The predicted octanol–water partition coefficient (Wildman–Crippen LogP) is 2.06. The Hall–Kier alpha value is -2.45. The molecule has 26 heavy (non-hydrogen) atoms. The van der Waals surface area contributed by atoms with E-state index in [1.807, 2.05) is 0 Å². The Bertz CT molecular complexity index is 877. The highest BCUT2D eigenvalue weighted by Gasteiger charge is 2.24. The van der Waals surface area contributed by atoms with Crippen LogP contribution in [0, 0.1) is 5.82 Å². The number of amides is 1. The van der Waals surface area contributed by atoms with Crippen LogP contribution in [0.25, 0.3) is 0 Å². The normalized spacial score (nSPS) is 17.1. The second-order valence-corrected chi connectivity index (χ2v) is 7.88. The smallest absolute Gasteiger partial charge is 0.261 e. The molecular weight excluding hydrogens is 357 g/mol. The number of nitrogens with zero attached hydrogens (tertiary/aromatic N) is 1. The van der Waals surface area contributed by atoms with E-state index in [1.54, 1.807) is 24.1 Å². The van der Waals surface area contributed by atoms with Gasteiger partial charge in [0.1, 0.15) is 5.82 Å². The van der Waals surface area contributed by atoms with E-state index in [-0.39, 0.29) is 16.8 Å². The minimum Gasteiger partial charge on any atom is -0.337 e. The number of hydrogen-bond donors (Lipinski definition) is 2. The molecule has 1 heterocycles. The highest BCUT2D eigenvalue weighted by Crippen LogP contribution is 2.18. The van der Waals surface area contributed by atoms with Crippen molar-refractivity contribution in [3.63, 3.8) is 0 Å². The van der Waals surface area contributed by atoms with Crippen molar-refractivity contribution in [2.45, 2.75) is 17.4 Å². The number of rotatable bonds is 5. The van der Waals surface area contributed by atoms with Gasteiger partial charge in [0.25, 0.3) is 15.9 Å². The molecule has 8 heteroatoms. The summed E-state index contributed by atoms with van der Waals surface area (Å²) in [6.07, 6.45) is 0.914. The number of likely N-dealkylation sites (N-methyl/N-ethyl adjacent to an activating group) is 1. The van der Waals surface area contributed by atoms with Gasteiger partial charge >= 0.3 is 0 Å². The van der Waals surface area contributed by atoms with Crippen LogP contribution in [0.1, 0.15) is 16.8 Å². The molecule has 3 rings (SSSR count). The molecule has 1 aliphatic rings. The van der Waals surface area contributed by atoms with Crippen LogP contribution < -0.4 is 10.0 Å². The maximum Gasteiger partial charge on any atom is 0.261 e. The van der Waals surface area contributed by atoms with E-state index in [4.69, 9.17) is 0 Å². The molecule has 2 N–H and O–H groups in total. The van der Waals surface area contributed by atoms with Gasteiger partial charge in [-0.2, -0.15) is 0 Å². The van der Waals surface area contributed by atoms with E-state index in [0.717, 1.165) is 31.6 Å². The van der Waals surface area contributed by atoms with Crippen molar-refractivity contribution in [2.24, 2.45) is 0 Å². The maximum atomic E-state index is 12.9. The monoisotopic (exact) mass is 377 g/mol. The fourth-order valence-electron chi connectivity index (χ4n) is 2.85. The van der Waals surface area contributed by atoms with Crippen molar-refractivity contribution in [2.75, 3.05) is 24.9 Å². The van der Waals surface area contributed by atoms with Gasteiger partial charge in [-0.1, -0.05) is 0 Å². The minimum absolute atomic E-state index is 0.0347. The first kappa shape index (κ1) is 18.3. The van der Waals surface area contributed by atoms with Crippen LogP contribution in [0.4, 0.5) is 10.1 Å². The van der Waals surface area contributed by atoms with Crippen LogP contribution in [0.2, 0.25) is 0 Å². The Labute approximate surface area is 152 Å². The van der Waals surface area contributed by atoms with Crippen molar-refractivity contribution in [3.05, 3.63) is 59.9 Å². The van der Waals surface area contributed by atoms with Crippen LogP contribution in [0.5, 0.6) is 0 Å². The molecule has 1 aliphatic heterocycles. The summed E-state index contributed by atoms with van der Waals surface area (Å²) in [6.45, 7) is 1.67. The molecule has 2 aromatic rings. The van der Waals surface area contributed by atoms with E-state index in [1.165, 1.54) is 24.3 Å². The van der Waals surface area contributed by atoms with Gasteiger partial charge in [-0.15, -0.1) is 0 Å². The number of sulfonamides is 1. The molecule has 6 nitrogen and oxygen atoms in total. The summed E-state index contributed by atoms with van der Waals surface area (Å²) in [4.78, 5) is 14.2. The first-order valence-corrected chi connectivity index (χ1v) is 9.71. The topological polar surface area (TPSA) is 78.5 Å². The lowest BCUT2D eigenvalue weighted by Crippen LogP contribution is -2.38. The maximum absolute atomic E-state index is 12.9. The van der Waals surface area contributed by atoms with E-state index in [9.17, 15) is 17.6 Å². The van der Waals surface area contributed by atoms with Crippen LogP contribution in [-0.2, 0) is 10.0 Å². The molecule has 138 valence electrons. The van der Waals surface area contributed by atoms with Crippen LogP contribution in [0.15, 0.2) is 53.4 Å². The molecule has 1 amide bonds. The average molecular weight is 377 g/mol. The highest BCUT2D eigenvalue weighted by atomic mass is 32.2. The molecule has 0 radical (unpaired) electrons. The van der Waals surface area contributed by atoms with Gasteiger partial charge < -0.3 is 10.2 Å². The Morgan fingerprint density at radius 2 is 1.81 bits per heavy atom. The molecule has 1 fully saturated rings. The SMILES string of the molecule is CN(C(=O)c1ccc(NS(=O)(=O)c2ccc(F)cc2)cc1)C1CCNC1. The molecular formula is C18H20FN3O3S. The first-order chi connectivity index (χ1) is 12.4. The molecule has 0 saturated carbocycles. The zero-order valence-corrected chi connectivity index (χ0v) is 15.1. The molecule has 0 spiro atoms. The Balaban J connectivity index is 1.71. The summed E-state index contributed by atoms with van der Waals surface area (Å²) in [5, 5.41) is 3.22. The lowest BCUT2D eigenvalue weighted by Gasteiger charge is -2.23. The molecule has 0 aliphatic carbocycles. The Kier molecular flexibility index (Phi) is 5.24. The summed E-state index contributed by atoms with van der Waals surface area (Å²) in [5.41, 5.74) is 0.820. The molecule has 1 atom stereocenters.